The van der Waals surface area contributed by atoms with Crippen molar-refractivity contribution >= 4 is 5.82 Å². The van der Waals surface area contributed by atoms with Crippen LogP contribution in [0.2, 0.25) is 0 Å². The topological polar surface area (TPSA) is 68.2 Å². The van der Waals surface area contributed by atoms with Gasteiger partial charge in [0.2, 0.25) is 0 Å². The molecule has 0 aromatic carbocycles. The second kappa shape index (κ2) is 4.93. The summed E-state index contributed by atoms with van der Waals surface area (Å²) in [5, 5.41) is 0. The molecule has 0 saturated heterocycles. The number of hydrogen-bond acceptors (Lipinski definition) is 4. The number of aromatic nitrogens is 1. The largest absolute Gasteiger partial charge is 0.384 e. The van der Waals surface area contributed by atoms with Crippen molar-refractivity contribution in [2.24, 2.45) is 5.73 Å². The lowest BCUT2D eigenvalue weighted by molar-refractivity contribution is 0.371. The number of nitrogens with zero attached hydrogens (tertiary/aromatic N) is 2. The van der Waals surface area contributed by atoms with E-state index in [1.807, 2.05) is 26.2 Å². The SMILES string of the molecule is CN(C)CC(N)Cc1ccnc(N)c1. The summed E-state index contributed by atoms with van der Waals surface area (Å²) < 4.78 is 0. The van der Waals surface area contributed by atoms with Gasteiger partial charge in [-0.2, -0.15) is 0 Å². The monoisotopic (exact) mass is 194 g/mol. The van der Waals surface area contributed by atoms with Gasteiger partial charge in [0.1, 0.15) is 5.82 Å². The smallest absolute Gasteiger partial charge is 0.123 e. The number of rotatable bonds is 4. The average Bonchev–Trinajstić information content (AvgIpc) is 2.01. The van der Waals surface area contributed by atoms with E-state index >= 15 is 0 Å². The maximum atomic E-state index is 5.95. The molecule has 4 N–H and O–H groups in total. The van der Waals surface area contributed by atoms with E-state index in [0.29, 0.717) is 5.82 Å². The molecule has 0 aliphatic carbocycles. The van der Waals surface area contributed by atoms with Crippen LogP contribution in [-0.2, 0) is 6.42 Å². The van der Waals surface area contributed by atoms with E-state index in [9.17, 15) is 0 Å². The van der Waals surface area contributed by atoms with Gasteiger partial charge in [-0.15, -0.1) is 0 Å². The molecule has 0 aliphatic heterocycles. The summed E-state index contributed by atoms with van der Waals surface area (Å²) in [6.07, 6.45) is 2.55. The van der Waals surface area contributed by atoms with Crippen LogP contribution in [0.3, 0.4) is 0 Å². The molecular formula is C10H18N4. The molecule has 78 valence electrons. The number of nitrogen functional groups attached to an aromatic ring is 1. The summed E-state index contributed by atoms with van der Waals surface area (Å²) in [6, 6.07) is 3.97. The molecular weight excluding hydrogens is 176 g/mol. The predicted octanol–water partition coefficient (Wildman–Crippen LogP) is 0.0952. The molecule has 0 saturated carbocycles. The second-order valence-corrected chi connectivity index (χ2v) is 3.82. The van der Waals surface area contributed by atoms with Crippen molar-refractivity contribution in [3.8, 4) is 0 Å². The van der Waals surface area contributed by atoms with E-state index < -0.39 is 0 Å². The number of nitrogens with two attached hydrogens (primary N) is 2. The Hall–Kier alpha value is -1.13. The minimum atomic E-state index is 0.145. The number of likely N-dealkylation sites (N-methyl/N-ethyl adjacent to an activating group) is 1. The Bertz CT molecular complexity index is 285. The van der Waals surface area contributed by atoms with Gasteiger partial charge < -0.3 is 16.4 Å². The molecule has 1 heterocycles. The quantitative estimate of drug-likeness (QED) is 0.713. The highest BCUT2D eigenvalue weighted by atomic mass is 15.1. The highest BCUT2D eigenvalue weighted by Crippen LogP contribution is 2.05. The van der Waals surface area contributed by atoms with Gasteiger partial charge in [0.25, 0.3) is 0 Å². The first-order chi connectivity index (χ1) is 6.58. The Morgan fingerprint density at radius 2 is 2.21 bits per heavy atom. The molecule has 4 nitrogen and oxygen atoms in total. The molecule has 0 bridgehead atoms. The normalized spacial score (nSPS) is 13.1. The summed E-state index contributed by atoms with van der Waals surface area (Å²) in [5.41, 5.74) is 12.7. The lowest BCUT2D eigenvalue weighted by atomic mass is 10.1. The summed E-state index contributed by atoms with van der Waals surface area (Å²) in [7, 11) is 4.03. The first-order valence-electron chi connectivity index (χ1n) is 4.68. The van der Waals surface area contributed by atoms with Gasteiger partial charge in [0.15, 0.2) is 0 Å². The third kappa shape index (κ3) is 3.72. The molecule has 0 amide bonds. The average molecular weight is 194 g/mol. The van der Waals surface area contributed by atoms with Crippen LogP contribution >= 0.6 is 0 Å². The van der Waals surface area contributed by atoms with Gasteiger partial charge in [0.05, 0.1) is 0 Å². The van der Waals surface area contributed by atoms with Gasteiger partial charge in [0, 0.05) is 18.8 Å². The van der Waals surface area contributed by atoms with Crippen molar-refractivity contribution in [3.05, 3.63) is 23.9 Å². The fourth-order valence-electron chi connectivity index (χ4n) is 1.46. The van der Waals surface area contributed by atoms with E-state index in [0.717, 1.165) is 18.5 Å². The van der Waals surface area contributed by atoms with Crippen LogP contribution < -0.4 is 11.5 Å². The number of hydrogen-bond donors (Lipinski definition) is 2. The van der Waals surface area contributed by atoms with Crippen LogP contribution in [0, 0.1) is 0 Å². The maximum Gasteiger partial charge on any atom is 0.123 e. The molecule has 4 heteroatoms. The van der Waals surface area contributed by atoms with Crippen LogP contribution in [0.1, 0.15) is 5.56 Å². The van der Waals surface area contributed by atoms with Crippen molar-refractivity contribution in [1.82, 2.24) is 9.88 Å². The zero-order chi connectivity index (χ0) is 10.6. The molecule has 0 fully saturated rings. The molecule has 1 atom stereocenters. The standard InChI is InChI=1S/C10H18N4/c1-14(2)7-9(11)5-8-3-4-13-10(12)6-8/h3-4,6,9H,5,7,11H2,1-2H3,(H2,12,13). The van der Waals surface area contributed by atoms with Crippen molar-refractivity contribution < 1.29 is 0 Å². The minimum absolute atomic E-state index is 0.145. The highest BCUT2D eigenvalue weighted by molar-refractivity contribution is 5.32. The van der Waals surface area contributed by atoms with Crippen molar-refractivity contribution in [2.75, 3.05) is 26.4 Å². The van der Waals surface area contributed by atoms with E-state index in [2.05, 4.69) is 9.88 Å². The van der Waals surface area contributed by atoms with Crippen LogP contribution in [0.25, 0.3) is 0 Å². The first-order valence-corrected chi connectivity index (χ1v) is 4.68. The van der Waals surface area contributed by atoms with Crippen LogP contribution in [0.5, 0.6) is 0 Å². The summed E-state index contributed by atoms with van der Waals surface area (Å²) in [6.45, 7) is 0.877. The molecule has 0 spiro atoms. The number of anilines is 1. The Morgan fingerprint density at radius 1 is 1.50 bits per heavy atom. The molecule has 0 radical (unpaired) electrons. The summed E-state index contributed by atoms with van der Waals surface area (Å²) in [4.78, 5) is 6.01. The van der Waals surface area contributed by atoms with E-state index in [1.165, 1.54) is 0 Å². The molecule has 14 heavy (non-hydrogen) atoms. The molecule has 1 rings (SSSR count). The van der Waals surface area contributed by atoms with Crippen LogP contribution in [0.4, 0.5) is 5.82 Å². The third-order valence-corrected chi connectivity index (χ3v) is 1.94. The van der Waals surface area contributed by atoms with Crippen molar-refractivity contribution in [3.63, 3.8) is 0 Å². The fourth-order valence-corrected chi connectivity index (χ4v) is 1.46. The highest BCUT2D eigenvalue weighted by Gasteiger charge is 2.05. The molecule has 1 unspecified atom stereocenters. The van der Waals surface area contributed by atoms with Crippen molar-refractivity contribution in [1.29, 1.82) is 0 Å². The molecule has 0 aliphatic rings. The lowest BCUT2D eigenvalue weighted by Crippen LogP contribution is -2.34. The minimum Gasteiger partial charge on any atom is -0.384 e. The van der Waals surface area contributed by atoms with Gasteiger partial charge in [-0.05, 0) is 38.2 Å². The second-order valence-electron chi connectivity index (χ2n) is 3.82. The van der Waals surface area contributed by atoms with Gasteiger partial charge >= 0.3 is 0 Å². The number of pyridine rings is 1. The zero-order valence-electron chi connectivity index (χ0n) is 8.77. The van der Waals surface area contributed by atoms with E-state index in [1.54, 1.807) is 6.20 Å². The summed E-state index contributed by atoms with van der Waals surface area (Å²) >= 11 is 0. The van der Waals surface area contributed by atoms with Gasteiger partial charge in [-0.1, -0.05) is 0 Å². The molecule has 1 aromatic rings. The van der Waals surface area contributed by atoms with Gasteiger partial charge in [-0.25, -0.2) is 4.98 Å². The summed E-state index contributed by atoms with van der Waals surface area (Å²) in [5.74, 6) is 0.555. The Kier molecular flexibility index (Phi) is 3.85. The Balaban J connectivity index is 2.51. The van der Waals surface area contributed by atoms with E-state index in [4.69, 9.17) is 11.5 Å². The van der Waals surface area contributed by atoms with Crippen molar-refractivity contribution in [2.45, 2.75) is 12.5 Å². The zero-order valence-corrected chi connectivity index (χ0v) is 8.77. The predicted molar refractivity (Wildman–Crippen MR) is 58.9 cm³/mol. The first kappa shape index (κ1) is 10.9. The van der Waals surface area contributed by atoms with E-state index in [-0.39, 0.29) is 6.04 Å². The lowest BCUT2D eigenvalue weighted by Gasteiger charge is -2.16. The third-order valence-electron chi connectivity index (χ3n) is 1.94. The Labute approximate surface area is 84.9 Å². The molecule has 1 aromatic heterocycles. The van der Waals surface area contributed by atoms with Crippen LogP contribution in [-0.4, -0.2) is 36.6 Å². The maximum absolute atomic E-state index is 5.95. The Morgan fingerprint density at radius 3 is 2.79 bits per heavy atom. The van der Waals surface area contributed by atoms with Gasteiger partial charge in [-0.3, -0.25) is 0 Å². The van der Waals surface area contributed by atoms with Crippen LogP contribution in [0.15, 0.2) is 18.3 Å². The fraction of sp³-hybridized carbons (Fsp3) is 0.500.